The zero-order chi connectivity index (χ0) is 10.4. The van der Waals surface area contributed by atoms with Gasteiger partial charge in [-0.3, -0.25) is 0 Å². The monoisotopic (exact) mass is 250 g/mol. The Morgan fingerprint density at radius 3 is 3.00 bits per heavy atom. The van der Waals surface area contributed by atoms with Crippen LogP contribution in [0.1, 0.15) is 5.56 Å². The zero-order valence-corrected chi connectivity index (χ0v) is 8.82. The van der Waals surface area contributed by atoms with Crippen molar-refractivity contribution in [2.75, 3.05) is 12.3 Å². The van der Waals surface area contributed by atoms with Crippen LogP contribution in [0, 0.1) is 11.8 Å². The minimum absolute atomic E-state index is 0.159. The van der Waals surface area contributed by atoms with Gasteiger partial charge < -0.3 is 5.73 Å². The zero-order valence-electron chi connectivity index (χ0n) is 7.24. The van der Waals surface area contributed by atoms with Crippen LogP contribution in [-0.4, -0.2) is 6.54 Å². The standard InChI is InChI=1S/C9H7BrN4/c10-8-4-3-7(9(11)6-8)2-1-5-13-14-12/h3-4,6H,5,11H2. The van der Waals surface area contributed by atoms with Crippen molar-refractivity contribution >= 4 is 21.6 Å². The molecule has 70 valence electrons. The number of halogens is 1. The topological polar surface area (TPSA) is 74.8 Å². The Balaban J connectivity index is 2.84. The molecule has 2 N–H and O–H groups in total. The molecule has 0 bridgehead atoms. The fourth-order valence-corrected chi connectivity index (χ4v) is 1.23. The quantitative estimate of drug-likeness (QED) is 0.269. The van der Waals surface area contributed by atoms with Crippen LogP contribution in [0.5, 0.6) is 0 Å². The number of azide groups is 1. The van der Waals surface area contributed by atoms with E-state index in [1.165, 1.54) is 0 Å². The van der Waals surface area contributed by atoms with Crippen molar-refractivity contribution in [3.8, 4) is 11.8 Å². The molecule has 5 heteroatoms. The third-order valence-electron chi connectivity index (χ3n) is 1.45. The first kappa shape index (κ1) is 10.5. The van der Waals surface area contributed by atoms with Gasteiger partial charge in [-0.15, -0.1) is 0 Å². The van der Waals surface area contributed by atoms with Crippen LogP contribution < -0.4 is 5.73 Å². The van der Waals surface area contributed by atoms with Crippen molar-refractivity contribution in [1.29, 1.82) is 0 Å². The van der Waals surface area contributed by atoms with Gasteiger partial charge in [0.1, 0.15) is 0 Å². The Labute approximate surface area is 89.9 Å². The fourth-order valence-electron chi connectivity index (χ4n) is 0.849. The first-order chi connectivity index (χ1) is 6.74. The van der Waals surface area contributed by atoms with Gasteiger partial charge in [0.05, 0.1) is 6.54 Å². The Morgan fingerprint density at radius 1 is 1.57 bits per heavy atom. The molecule has 0 amide bonds. The second-order valence-corrected chi connectivity index (χ2v) is 3.34. The van der Waals surface area contributed by atoms with E-state index >= 15 is 0 Å². The predicted octanol–water partition coefficient (Wildman–Crippen LogP) is 2.69. The summed E-state index contributed by atoms with van der Waals surface area (Å²) in [4.78, 5) is 2.59. The highest BCUT2D eigenvalue weighted by Gasteiger charge is 1.94. The first-order valence-corrected chi connectivity index (χ1v) is 4.58. The summed E-state index contributed by atoms with van der Waals surface area (Å²) < 4.78 is 0.913. The summed E-state index contributed by atoms with van der Waals surface area (Å²) in [6.45, 7) is 0.159. The molecule has 1 aromatic carbocycles. The number of hydrogen-bond acceptors (Lipinski definition) is 2. The van der Waals surface area contributed by atoms with Gasteiger partial charge in [0.2, 0.25) is 0 Å². The lowest BCUT2D eigenvalue weighted by molar-refractivity contribution is 1.25. The number of nitrogen functional groups attached to an aromatic ring is 1. The first-order valence-electron chi connectivity index (χ1n) is 3.79. The van der Waals surface area contributed by atoms with Gasteiger partial charge in [0.25, 0.3) is 0 Å². The van der Waals surface area contributed by atoms with Gasteiger partial charge >= 0.3 is 0 Å². The third kappa shape index (κ3) is 3.02. The molecule has 0 aliphatic rings. The molecule has 0 aliphatic heterocycles. The lowest BCUT2D eigenvalue weighted by atomic mass is 10.2. The average molecular weight is 251 g/mol. The van der Waals surface area contributed by atoms with Gasteiger partial charge in [0.15, 0.2) is 0 Å². The maximum absolute atomic E-state index is 8.01. The van der Waals surface area contributed by atoms with Crippen LogP contribution in [0.2, 0.25) is 0 Å². The van der Waals surface area contributed by atoms with Gasteiger partial charge in [0, 0.05) is 20.6 Å². The molecule has 0 spiro atoms. The number of anilines is 1. The molecule has 14 heavy (non-hydrogen) atoms. The molecular formula is C9H7BrN4. The van der Waals surface area contributed by atoms with E-state index in [-0.39, 0.29) is 6.54 Å². The van der Waals surface area contributed by atoms with E-state index in [9.17, 15) is 0 Å². The molecule has 0 fully saturated rings. The molecule has 1 aromatic rings. The SMILES string of the molecule is [N-]=[N+]=NCC#Cc1ccc(Br)cc1N. The average Bonchev–Trinajstić information content (AvgIpc) is 2.15. The largest absolute Gasteiger partial charge is 0.398 e. The summed E-state index contributed by atoms with van der Waals surface area (Å²) in [5.41, 5.74) is 15.1. The summed E-state index contributed by atoms with van der Waals surface area (Å²) in [5, 5.41) is 3.29. The predicted molar refractivity (Wildman–Crippen MR) is 59.4 cm³/mol. The lowest BCUT2D eigenvalue weighted by Gasteiger charge is -1.97. The van der Waals surface area contributed by atoms with Crippen LogP contribution in [0.4, 0.5) is 5.69 Å². The Kier molecular flexibility index (Phi) is 3.86. The Morgan fingerprint density at radius 2 is 2.36 bits per heavy atom. The van der Waals surface area contributed by atoms with Gasteiger partial charge in [-0.1, -0.05) is 32.9 Å². The molecule has 0 unspecified atom stereocenters. The number of nitrogens with zero attached hydrogens (tertiary/aromatic N) is 3. The van der Waals surface area contributed by atoms with Crippen molar-refractivity contribution in [2.24, 2.45) is 5.11 Å². The highest BCUT2D eigenvalue weighted by Crippen LogP contribution is 2.17. The van der Waals surface area contributed by atoms with Crippen molar-refractivity contribution < 1.29 is 0 Å². The summed E-state index contributed by atoms with van der Waals surface area (Å²) >= 11 is 3.29. The number of nitrogens with two attached hydrogens (primary N) is 1. The second-order valence-electron chi connectivity index (χ2n) is 2.42. The molecule has 0 saturated heterocycles. The molecule has 4 nitrogen and oxygen atoms in total. The number of rotatable bonds is 1. The van der Waals surface area contributed by atoms with E-state index in [1.807, 2.05) is 12.1 Å². The van der Waals surface area contributed by atoms with Crippen molar-refractivity contribution in [3.05, 3.63) is 38.7 Å². The van der Waals surface area contributed by atoms with E-state index in [2.05, 4.69) is 37.8 Å². The van der Waals surface area contributed by atoms with Gasteiger partial charge in [-0.05, 0) is 23.7 Å². The minimum atomic E-state index is 0.159. The second kappa shape index (κ2) is 5.18. The van der Waals surface area contributed by atoms with E-state index in [1.54, 1.807) is 6.07 Å². The normalized spacial score (nSPS) is 8.36. The molecular weight excluding hydrogens is 244 g/mol. The van der Waals surface area contributed by atoms with Crippen LogP contribution in [0.25, 0.3) is 10.4 Å². The highest BCUT2D eigenvalue weighted by molar-refractivity contribution is 9.10. The van der Waals surface area contributed by atoms with Crippen molar-refractivity contribution in [2.45, 2.75) is 0 Å². The lowest BCUT2D eigenvalue weighted by Crippen LogP contribution is -1.89. The van der Waals surface area contributed by atoms with E-state index in [0.29, 0.717) is 5.69 Å². The minimum Gasteiger partial charge on any atom is -0.398 e. The summed E-state index contributed by atoms with van der Waals surface area (Å²) in [7, 11) is 0. The van der Waals surface area contributed by atoms with Crippen LogP contribution in [0.3, 0.4) is 0 Å². The summed E-state index contributed by atoms with van der Waals surface area (Å²) in [5.74, 6) is 5.51. The van der Waals surface area contributed by atoms with E-state index < -0.39 is 0 Å². The van der Waals surface area contributed by atoms with Crippen molar-refractivity contribution in [1.82, 2.24) is 0 Å². The van der Waals surface area contributed by atoms with Crippen LogP contribution >= 0.6 is 15.9 Å². The molecule has 1 rings (SSSR count). The molecule has 0 aromatic heterocycles. The highest BCUT2D eigenvalue weighted by atomic mass is 79.9. The van der Waals surface area contributed by atoms with Gasteiger partial charge in [-0.2, -0.15) is 0 Å². The van der Waals surface area contributed by atoms with E-state index in [4.69, 9.17) is 11.3 Å². The van der Waals surface area contributed by atoms with Crippen molar-refractivity contribution in [3.63, 3.8) is 0 Å². The maximum atomic E-state index is 8.01. The van der Waals surface area contributed by atoms with Gasteiger partial charge in [-0.25, -0.2) is 0 Å². The summed E-state index contributed by atoms with van der Waals surface area (Å²) in [6.07, 6.45) is 0. The fraction of sp³-hybridized carbons (Fsp3) is 0.111. The Hall–Kier alpha value is -1.63. The Bertz CT molecular complexity index is 438. The molecule has 0 heterocycles. The third-order valence-corrected chi connectivity index (χ3v) is 1.94. The molecule has 0 atom stereocenters. The molecule has 0 radical (unpaired) electrons. The smallest absolute Gasteiger partial charge is 0.0880 e. The van der Waals surface area contributed by atoms with Crippen LogP contribution in [-0.2, 0) is 0 Å². The summed E-state index contributed by atoms with van der Waals surface area (Å²) in [6, 6.07) is 5.44. The van der Waals surface area contributed by atoms with Crippen LogP contribution in [0.15, 0.2) is 27.8 Å². The number of hydrogen-bond donors (Lipinski definition) is 1. The molecule has 0 aliphatic carbocycles. The maximum Gasteiger partial charge on any atom is 0.0880 e. The number of benzene rings is 1. The van der Waals surface area contributed by atoms with E-state index in [0.717, 1.165) is 10.0 Å². The molecule has 0 saturated carbocycles.